The summed E-state index contributed by atoms with van der Waals surface area (Å²) in [6.07, 6.45) is -3.65. The minimum absolute atomic E-state index is 0.0328. The van der Waals surface area contributed by atoms with Crippen LogP contribution in [0.4, 0.5) is 13.2 Å². The van der Waals surface area contributed by atoms with Crippen molar-refractivity contribution in [1.82, 2.24) is 5.32 Å². The van der Waals surface area contributed by atoms with Crippen molar-refractivity contribution in [3.8, 4) is 0 Å². The molecule has 0 radical (unpaired) electrons. The Bertz CT molecular complexity index is 441. The van der Waals surface area contributed by atoms with E-state index in [-0.39, 0.29) is 11.6 Å². The van der Waals surface area contributed by atoms with Gasteiger partial charge in [-0.15, -0.1) is 0 Å². The Morgan fingerprint density at radius 1 is 1.26 bits per heavy atom. The molecule has 2 nitrogen and oxygen atoms in total. The number of nitrogens with one attached hydrogen (secondary N) is 1. The van der Waals surface area contributed by atoms with E-state index in [4.69, 9.17) is 0 Å². The zero-order valence-corrected chi connectivity index (χ0v) is 11.2. The van der Waals surface area contributed by atoms with Gasteiger partial charge in [-0.3, -0.25) is 4.79 Å². The third-order valence-corrected chi connectivity index (χ3v) is 2.65. The number of hydrogen-bond donors (Lipinski definition) is 1. The molecule has 1 N–H and O–H groups in total. The van der Waals surface area contributed by atoms with Gasteiger partial charge in [0.1, 0.15) is 0 Å². The second-order valence-corrected chi connectivity index (χ2v) is 5.08. The number of rotatable bonds is 4. The molecular weight excluding hydrogens is 255 g/mol. The Hall–Kier alpha value is -1.52. The molecular formula is C14H18F3NO. The van der Waals surface area contributed by atoms with Crippen molar-refractivity contribution in [3.63, 3.8) is 0 Å². The molecule has 0 bridgehead atoms. The molecule has 1 atom stereocenters. The number of amides is 1. The van der Waals surface area contributed by atoms with Crippen molar-refractivity contribution in [1.29, 1.82) is 0 Å². The van der Waals surface area contributed by atoms with Gasteiger partial charge in [0.15, 0.2) is 0 Å². The van der Waals surface area contributed by atoms with E-state index < -0.39 is 17.6 Å². The van der Waals surface area contributed by atoms with Gasteiger partial charge in [-0.2, -0.15) is 13.2 Å². The second-order valence-electron chi connectivity index (χ2n) is 5.08. The number of benzene rings is 1. The first-order chi connectivity index (χ1) is 8.70. The van der Waals surface area contributed by atoms with E-state index in [1.807, 2.05) is 20.8 Å². The van der Waals surface area contributed by atoms with E-state index in [0.717, 1.165) is 18.6 Å². The molecule has 0 aliphatic carbocycles. The lowest BCUT2D eigenvalue weighted by Crippen LogP contribution is -2.33. The van der Waals surface area contributed by atoms with Gasteiger partial charge in [0.2, 0.25) is 0 Å². The smallest absolute Gasteiger partial charge is 0.350 e. The Morgan fingerprint density at radius 3 is 2.42 bits per heavy atom. The summed E-state index contributed by atoms with van der Waals surface area (Å²) in [5, 5.41) is 2.70. The van der Waals surface area contributed by atoms with Crippen LogP contribution in [0.1, 0.15) is 43.1 Å². The molecule has 0 aromatic heterocycles. The van der Waals surface area contributed by atoms with Gasteiger partial charge in [-0.25, -0.2) is 0 Å². The molecule has 0 fully saturated rings. The topological polar surface area (TPSA) is 29.1 Å². The van der Waals surface area contributed by atoms with Crippen molar-refractivity contribution >= 4 is 5.91 Å². The number of carbonyl (C=O) groups is 1. The van der Waals surface area contributed by atoms with Crippen LogP contribution in [0, 0.1) is 5.92 Å². The standard InChI is InChI=1S/C14H18F3NO/c1-9(2)7-10(3)18-13(19)11-5-4-6-12(8-11)14(15,16)17/h4-6,8-10H,7H2,1-3H3,(H,18,19)/t10-/m1/s1. The number of alkyl halides is 3. The fraction of sp³-hybridized carbons (Fsp3) is 0.500. The van der Waals surface area contributed by atoms with Crippen LogP contribution in [0.5, 0.6) is 0 Å². The molecule has 1 aromatic carbocycles. The highest BCUT2D eigenvalue weighted by molar-refractivity contribution is 5.94. The highest BCUT2D eigenvalue weighted by Crippen LogP contribution is 2.29. The van der Waals surface area contributed by atoms with Gasteiger partial charge in [0.05, 0.1) is 5.56 Å². The van der Waals surface area contributed by atoms with E-state index in [2.05, 4.69) is 5.32 Å². The molecule has 5 heteroatoms. The molecule has 19 heavy (non-hydrogen) atoms. The fourth-order valence-corrected chi connectivity index (χ4v) is 1.91. The Balaban J connectivity index is 2.78. The predicted molar refractivity (Wildman–Crippen MR) is 67.8 cm³/mol. The van der Waals surface area contributed by atoms with Crippen LogP contribution in [0.2, 0.25) is 0 Å². The van der Waals surface area contributed by atoms with Gasteiger partial charge < -0.3 is 5.32 Å². The summed E-state index contributed by atoms with van der Waals surface area (Å²) in [6.45, 7) is 5.88. The first kappa shape index (κ1) is 15.5. The van der Waals surface area contributed by atoms with E-state index in [0.29, 0.717) is 5.92 Å². The average molecular weight is 273 g/mol. The molecule has 1 rings (SSSR count). The maximum absolute atomic E-state index is 12.5. The van der Waals surface area contributed by atoms with Crippen LogP contribution in [-0.4, -0.2) is 11.9 Å². The predicted octanol–water partition coefficient (Wildman–Crippen LogP) is 3.87. The highest BCUT2D eigenvalue weighted by Gasteiger charge is 2.30. The third kappa shape index (κ3) is 4.93. The van der Waals surface area contributed by atoms with Crippen molar-refractivity contribution in [2.75, 3.05) is 0 Å². The third-order valence-electron chi connectivity index (χ3n) is 2.65. The average Bonchev–Trinajstić information content (AvgIpc) is 2.26. The lowest BCUT2D eigenvalue weighted by Gasteiger charge is -2.16. The SMILES string of the molecule is CC(C)C[C@@H](C)NC(=O)c1cccc(C(F)(F)F)c1. The summed E-state index contributed by atoms with van der Waals surface area (Å²) in [5.41, 5.74) is -0.776. The highest BCUT2D eigenvalue weighted by atomic mass is 19.4. The maximum atomic E-state index is 12.5. The summed E-state index contributed by atoms with van der Waals surface area (Å²) in [6, 6.07) is 4.38. The number of hydrogen-bond acceptors (Lipinski definition) is 1. The van der Waals surface area contributed by atoms with Crippen LogP contribution in [0.3, 0.4) is 0 Å². The summed E-state index contributed by atoms with van der Waals surface area (Å²) >= 11 is 0. The molecule has 0 aliphatic rings. The second kappa shape index (κ2) is 6.08. The van der Waals surface area contributed by atoms with Gasteiger partial charge in [0.25, 0.3) is 5.91 Å². The first-order valence-electron chi connectivity index (χ1n) is 6.18. The monoisotopic (exact) mass is 273 g/mol. The molecule has 106 valence electrons. The van der Waals surface area contributed by atoms with Crippen LogP contribution >= 0.6 is 0 Å². The lowest BCUT2D eigenvalue weighted by molar-refractivity contribution is -0.137. The largest absolute Gasteiger partial charge is 0.416 e. The zero-order chi connectivity index (χ0) is 14.6. The summed E-state index contributed by atoms with van der Waals surface area (Å²) in [5.74, 6) is -0.0592. The van der Waals surface area contributed by atoms with Gasteiger partial charge in [-0.05, 0) is 37.5 Å². The van der Waals surface area contributed by atoms with Crippen LogP contribution in [0.15, 0.2) is 24.3 Å². The van der Waals surface area contributed by atoms with Crippen molar-refractivity contribution in [2.24, 2.45) is 5.92 Å². The van der Waals surface area contributed by atoms with Crippen molar-refractivity contribution in [3.05, 3.63) is 35.4 Å². The van der Waals surface area contributed by atoms with E-state index in [9.17, 15) is 18.0 Å². The van der Waals surface area contributed by atoms with E-state index in [1.165, 1.54) is 12.1 Å². The van der Waals surface area contributed by atoms with E-state index in [1.54, 1.807) is 0 Å². The summed E-state index contributed by atoms with van der Waals surface area (Å²) < 4.78 is 37.6. The van der Waals surface area contributed by atoms with Crippen molar-refractivity contribution in [2.45, 2.75) is 39.4 Å². The minimum Gasteiger partial charge on any atom is -0.350 e. The molecule has 0 heterocycles. The summed E-state index contributed by atoms with van der Waals surface area (Å²) in [7, 11) is 0. The lowest BCUT2D eigenvalue weighted by atomic mass is 10.0. The minimum atomic E-state index is -4.43. The van der Waals surface area contributed by atoms with Gasteiger partial charge in [-0.1, -0.05) is 19.9 Å². The Kier molecular flexibility index (Phi) is 4.97. The van der Waals surface area contributed by atoms with Gasteiger partial charge in [0, 0.05) is 11.6 Å². The molecule has 0 spiro atoms. The quantitative estimate of drug-likeness (QED) is 0.886. The van der Waals surface area contributed by atoms with Crippen LogP contribution in [-0.2, 0) is 6.18 Å². The van der Waals surface area contributed by atoms with Crippen molar-refractivity contribution < 1.29 is 18.0 Å². The molecule has 0 aliphatic heterocycles. The molecule has 1 aromatic rings. The normalized spacial score (nSPS) is 13.4. The molecule has 0 unspecified atom stereocenters. The van der Waals surface area contributed by atoms with Crippen LogP contribution < -0.4 is 5.32 Å². The molecule has 0 saturated heterocycles. The number of carbonyl (C=O) groups excluding carboxylic acids is 1. The Morgan fingerprint density at radius 2 is 1.89 bits per heavy atom. The number of halogens is 3. The molecule has 1 amide bonds. The van der Waals surface area contributed by atoms with E-state index >= 15 is 0 Å². The summed E-state index contributed by atoms with van der Waals surface area (Å²) in [4.78, 5) is 11.8. The van der Waals surface area contributed by atoms with Gasteiger partial charge >= 0.3 is 6.18 Å². The first-order valence-corrected chi connectivity index (χ1v) is 6.18. The zero-order valence-electron chi connectivity index (χ0n) is 11.2. The maximum Gasteiger partial charge on any atom is 0.416 e. The van der Waals surface area contributed by atoms with Crippen LogP contribution in [0.25, 0.3) is 0 Å². The molecule has 0 saturated carbocycles. The Labute approximate surface area is 111 Å². The fourth-order valence-electron chi connectivity index (χ4n) is 1.91.